The normalized spacial score (nSPS) is 10.7. The van der Waals surface area contributed by atoms with E-state index in [-0.39, 0.29) is 0 Å². The predicted molar refractivity (Wildman–Crippen MR) is 81.7 cm³/mol. The Morgan fingerprint density at radius 1 is 1.40 bits per heavy atom. The van der Waals surface area contributed by atoms with Crippen molar-refractivity contribution in [2.24, 2.45) is 0 Å². The van der Waals surface area contributed by atoms with Crippen molar-refractivity contribution in [1.82, 2.24) is 20.1 Å². The topological polar surface area (TPSA) is 52.0 Å². The van der Waals surface area contributed by atoms with Gasteiger partial charge in [-0.05, 0) is 31.2 Å². The Morgan fingerprint density at radius 3 is 3.10 bits per heavy atom. The summed E-state index contributed by atoms with van der Waals surface area (Å²) in [6.45, 7) is 5.10. The zero-order valence-corrected chi connectivity index (χ0v) is 13.1. The van der Waals surface area contributed by atoms with E-state index in [0.29, 0.717) is 19.7 Å². The molecule has 1 N–H and O–H groups in total. The molecule has 1 heterocycles. The summed E-state index contributed by atoms with van der Waals surface area (Å²) in [7, 11) is 0. The molecule has 0 radical (unpaired) electrons. The van der Waals surface area contributed by atoms with Crippen LogP contribution >= 0.6 is 15.9 Å². The molecule has 0 amide bonds. The smallest absolute Gasteiger partial charge is 0.164 e. The third kappa shape index (κ3) is 4.94. The Bertz CT molecular complexity index is 529. The van der Waals surface area contributed by atoms with E-state index in [1.807, 2.05) is 24.3 Å². The molecule has 6 heteroatoms. The second kappa shape index (κ2) is 8.01. The van der Waals surface area contributed by atoms with Gasteiger partial charge in [-0.3, -0.25) is 0 Å². The van der Waals surface area contributed by atoms with E-state index in [1.165, 1.54) is 0 Å². The maximum Gasteiger partial charge on any atom is 0.164 e. The standard InChI is InChI=1S/C14H19BrN4O/c1-2-6-16-10-14-17-11-19(18-14)7-8-20-13-5-3-4-12(15)9-13/h3-5,9,11,16H,2,6-8,10H2,1H3. The van der Waals surface area contributed by atoms with Gasteiger partial charge in [-0.15, -0.1) is 0 Å². The van der Waals surface area contributed by atoms with E-state index in [1.54, 1.807) is 11.0 Å². The van der Waals surface area contributed by atoms with Crippen LogP contribution in [0.1, 0.15) is 19.2 Å². The number of halogens is 1. The molecule has 0 spiro atoms. The van der Waals surface area contributed by atoms with Crippen LogP contribution in [-0.2, 0) is 13.1 Å². The lowest BCUT2D eigenvalue weighted by molar-refractivity contribution is 0.290. The van der Waals surface area contributed by atoms with Gasteiger partial charge in [0.1, 0.15) is 18.7 Å². The number of hydrogen-bond donors (Lipinski definition) is 1. The van der Waals surface area contributed by atoms with Crippen molar-refractivity contribution in [3.63, 3.8) is 0 Å². The summed E-state index contributed by atoms with van der Waals surface area (Å²) in [5.41, 5.74) is 0. The Hall–Kier alpha value is -1.40. The number of nitrogens with one attached hydrogen (secondary N) is 1. The minimum absolute atomic E-state index is 0.571. The maximum atomic E-state index is 5.66. The Morgan fingerprint density at radius 2 is 2.30 bits per heavy atom. The fourth-order valence-corrected chi connectivity index (χ4v) is 2.09. The fraction of sp³-hybridized carbons (Fsp3) is 0.429. The zero-order valence-electron chi connectivity index (χ0n) is 11.6. The lowest BCUT2D eigenvalue weighted by Crippen LogP contribution is -2.15. The van der Waals surface area contributed by atoms with Crippen LogP contribution in [0, 0.1) is 0 Å². The molecule has 0 saturated heterocycles. The average molecular weight is 339 g/mol. The molecule has 108 valence electrons. The molecule has 2 rings (SSSR count). The van der Waals surface area contributed by atoms with Crippen molar-refractivity contribution in [1.29, 1.82) is 0 Å². The lowest BCUT2D eigenvalue weighted by atomic mass is 10.3. The summed E-state index contributed by atoms with van der Waals surface area (Å²) in [4.78, 5) is 4.25. The van der Waals surface area contributed by atoms with Gasteiger partial charge in [0.2, 0.25) is 0 Å². The molecule has 0 atom stereocenters. The third-order valence-electron chi connectivity index (χ3n) is 2.68. The average Bonchev–Trinajstić information content (AvgIpc) is 2.87. The lowest BCUT2D eigenvalue weighted by Gasteiger charge is -2.06. The van der Waals surface area contributed by atoms with Crippen LogP contribution in [0.2, 0.25) is 0 Å². The van der Waals surface area contributed by atoms with Crippen molar-refractivity contribution in [2.75, 3.05) is 13.2 Å². The number of nitrogens with zero attached hydrogens (tertiary/aromatic N) is 3. The van der Waals surface area contributed by atoms with Crippen LogP contribution < -0.4 is 10.1 Å². The summed E-state index contributed by atoms with van der Waals surface area (Å²) in [5.74, 6) is 1.67. The van der Waals surface area contributed by atoms with Gasteiger partial charge in [-0.1, -0.05) is 28.9 Å². The summed E-state index contributed by atoms with van der Waals surface area (Å²) < 4.78 is 8.48. The van der Waals surface area contributed by atoms with Crippen LogP contribution in [0.3, 0.4) is 0 Å². The van der Waals surface area contributed by atoms with Gasteiger partial charge < -0.3 is 10.1 Å². The van der Waals surface area contributed by atoms with Crippen LogP contribution in [0.4, 0.5) is 0 Å². The summed E-state index contributed by atoms with van der Waals surface area (Å²) in [5, 5.41) is 7.66. The van der Waals surface area contributed by atoms with Gasteiger partial charge in [-0.25, -0.2) is 9.67 Å². The van der Waals surface area contributed by atoms with Gasteiger partial charge in [-0.2, -0.15) is 5.10 Å². The maximum absolute atomic E-state index is 5.66. The molecule has 0 aliphatic rings. The molecule has 5 nitrogen and oxygen atoms in total. The van der Waals surface area contributed by atoms with Crippen molar-refractivity contribution in [3.8, 4) is 5.75 Å². The van der Waals surface area contributed by atoms with Gasteiger partial charge in [0, 0.05) is 4.47 Å². The van der Waals surface area contributed by atoms with E-state index in [4.69, 9.17) is 4.74 Å². The SMILES string of the molecule is CCCNCc1ncn(CCOc2cccc(Br)c2)n1. The van der Waals surface area contributed by atoms with Gasteiger partial charge in [0.25, 0.3) is 0 Å². The molecular formula is C14H19BrN4O. The molecular weight excluding hydrogens is 320 g/mol. The number of ether oxygens (including phenoxy) is 1. The van der Waals surface area contributed by atoms with Gasteiger partial charge in [0.05, 0.1) is 13.1 Å². The van der Waals surface area contributed by atoms with Crippen molar-refractivity contribution in [2.45, 2.75) is 26.4 Å². The molecule has 0 unspecified atom stereocenters. The van der Waals surface area contributed by atoms with E-state index in [2.05, 4.69) is 38.3 Å². The zero-order chi connectivity index (χ0) is 14.2. The Balaban J connectivity index is 1.74. The van der Waals surface area contributed by atoms with Crippen molar-refractivity contribution in [3.05, 3.63) is 40.9 Å². The second-order valence-electron chi connectivity index (χ2n) is 4.41. The molecule has 0 aliphatic carbocycles. The van der Waals surface area contributed by atoms with Crippen molar-refractivity contribution < 1.29 is 4.74 Å². The molecule has 20 heavy (non-hydrogen) atoms. The quantitative estimate of drug-likeness (QED) is 0.751. The summed E-state index contributed by atoms with van der Waals surface area (Å²) in [6.07, 6.45) is 2.86. The van der Waals surface area contributed by atoms with E-state index < -0.39 is 0 Å². The molecule has 0 aliphatic heterocycles. The molecule has 1 aromatic heterocycles. The Labute approximate surface area is 127 Å². The first kappa shape index (κ1) is 15.0. The number of rotatable bonds is 8. The highest BCUT2D eigenvalue weighted by atomic mass is 79.9. The molecule has 1 aromatic carbocycles. The highest BCUT2D eigenvalue weighted by Gasteiger charge is 2.01. The first-order valence-corrected chi connectivity index (χ1v) is 7.54. The molecule has 2 aromatic rings. The third-order valence-corrected chi connectivity index (χ3v) is 3.17. The van der Waals surface area contributed by atoms with Crippen LogP contribution in [-0.4, -0.2) is 27.9 Å². The predicted octanol–water partition coefficient (Wildman–Crippen LogP) is 2.62. The summed E-state index contributed by atoms with van der Waals surface area (Å²) in [6, 6.07) is 7.81. The van der Waals surface area contributed by atoms with Gasteiger partial charge >= 0.3 is 0 Å². The van der Waals surface area contributed by atoms with E-state index >= 15 is 0 Å². The largest absolute Gasteiger partial charge is 0.492 e. The second-order valence-corrected chi connectivity index (χ2v) is 5.32. The van der Waals surface area contributed by atoms with Gasteiger partial charge in [0.15, 0.2) is 5.82 Å². The van der Waals surface area contributed by atoms with E-state index in [9.17, 15) is 0 Å². The van der Waals surface area contributed by atoms with Crippen LogP contribution in [0.15, 0.2) is 35.1 Å². The number of hydrogen-bond acceptors (Lipinski definition) is 4. The highest BCUT2D eigenvalue weighted by molar-refractivity contribution is 9.10. The minimum atomic E-state index is 0.571. The molecule has 0 bridgehead atoms. The van der Waals surface area contributed by atoms with Crippen LogP contribution in [0.25, 0.3) is 0 Å². The minimum Gasteiger partial charge on any atom is -0.492 e. The van der Waals surface area contributed by atoms with E-state index in [0.717, 1.165) is 29.0 Å². The molecule has 0 fully saturated rings. The fourth-order valence-electron chi connectivity index (χ4n) is 1.71. The van der Waals surface area contributed by atoms with Crippen molar-refractivity contribution >= 4 is 15.9 Å². The first-order valence-electron chi connectivity index (χ1n) is 6.75. The number of benzene rings is 1. The monoisotopic (exact) mass is 338 g/mol. The summed E-state index contributed by atoms with van der Waals surface area (Å²) >= 11 is 3.42. The van der Waals surface area contributed by atoms with Crippen LogP contribution in [0.5, 0.6) is 5.75 Å². The first-order chi connectivity index (χ1) is 9.78. The Kier molecular flexibility index (Phi) is 6.01. The molecule has 0 saturated carbocycles. The highest BCUT2D eigenvalue weighted by Crippen LogP contribution is 2.17. The number of aromatic nitrogens is 3.